The predicted molar refractivity (Wildman–Crippen MR) is 69.9 cm³/mol. The van der Waals surface area contributed by atoms with Gasteiger partial charge in [0.15, 0.2) is 0 Å². The Bertz CT molecular complexity index is 706. The highest BCUT2D eigenvalue weighted by molar-refractivity contribution is 9.08. The lowest BCUT2D eigenvalue weighted by Crippen LogP contribution is -2.16. The van der Waals surface area contributed by atoms with Gasteiger partial charge in [-0.05, 0) is 12.1 Å². The first-order chi connectivity index (χ1) is 9.52. The van der Waals surface area contributed by atoms with Gasteiger partial charge in [0.05, 0.1) is 22.3 Å². The molecule has 1 saturated heterocycles. The summed E-state index contributed by atoms with van der Waals surface area (Å²) in [5.74, 6) is -0.665. The van der Waals surface area contributed by atoms with Gasteiger partial charge in [-0.2, -0.15) is 5.26 Å². The summed E-state index contributed by atoms with van der Waals surface area (Å²) in [4.78, 5) is 24.8. The van der Waals surface area contributed by atoms with Crippen molar-refractivity contribution >= 4 is 33.6 Å². The van der Waals surface area contributed by atoms with Crippen LogP contribution >= 0.6 is 16.1 Å². The number of imidazole rings is 1. The van der Waals surface area contributed by atoms with Crippen LogP contribution in [-0.4, -0.2) is 25.1 Å². The number of hydrogen-bond donors (Lipinski definition) is 0. The lowest BCUT2D eigenvalue weighted by Gasteiger charge is -1.97. The number of amides is 2. The number of carbonyl (C=O) groups excluding carboxylic acids is 2. The standard InChI is InChI=1S/C8H4FN3.C4H4BrNO2/c9-6-1-2-8-11-4-7(3-10)12(8)5-6;5-6-3(7)1-2-4(6)8/h1-2,4-5H;1-2H2. The molecule has 1 aliphatic heterocycles. The van der Waals surface area contributed by atoms with Crippen LogP contribution in [0.5, 0.6) is 0 Å². The number of hydrogen-bond acceptors (Lipinski definition) is 4. The Balaban J connectivity index is 0.000000160. The maximum atomic E-state index is 12.7. The van der Waals surface area contributed by atoms with Crippen molar-refractivity contribution in [2.24, 2.45) is 0 Å². The van der Waals surface area contributed by atoms with Gasteiger partial charge >= 0.3 is 0 Å². The van der Waals surface area contributed by atoms with Crippen molar-refractivity contribution in [1.29, 1.82) is 5.26 Å². The summed E-state index contributed by atoms with van der Waals surface area (Å²) >= 11 is 2.80. The van der Waals surface area contributed by atoms with Gasteiger partial charge in [-0.1, -0.05) is 0 Å². The molecule has 0 radical (unpaired) electrons. The summed E-state index contributed by atoms with van der Waals surface area (Å²) in [5.41, 5.74) is 0.914. The first-order valence-corrected chi connectivity index (χ1v) is 6.28. The number of carbonyl (C=O) groups is 2. The van der Waals surface area contributed by atoms with Crippen LogP contribution in [0.15, 0.2) is 24.5 Å². The summed E-state index contributed by atoms with van der Waals surface area (Å²) in [6, 6.07) is 4.74. The van der Waals surface area contributed by atoms with Crippen molar-refractivity contribution in [3.8, 4) is 6.07 Å². The molecular weight excluding hydrogens is 331 g/mol. The molecule has 102 valence electrons. The number of nitriles is 1. The number of imide groups is 1. The van der Waals surface area contributed by atoms with E-state index in [9.17, 15) is 14.0 Å². The number of fused-ring (bicyclic) bond motifs is 1. The Kier molecular flexibility index (Phi) is 4.10. The van der Waals surface area contributed by atoms with Gasteiger partial charge in [0.2, 0.25) is 11.8 Å². The lowest BCUT2D eigenvalue weighted by atomic mass is 10.4. The minimum atomic E-state index is -0.378. The third-order valence-corrected chi connectivity index (χ3v) is 3.37. The highest BCUT2D eigenvalue weighted by Gasteiger charge is 2.26. The summed E-state index contributed by atoms with van der Waals surface area (Å²) < 4.78 is 15.1. The monoisotopic (exact) mass is 338 g/mol. The van der Waals surface area contributed by atoms with E-state index in [0.29, 0.717) is 24.2 Å². The van der Waals surface area contributed by atoms with E-state index in [1.54, 1.807) is 0 Å². The van der Waals surface area contributed by atoms with Gasteiger partial charge in [0.1, 0.15) is 23.2 Å². The number of rotatable bonds is 0. The minimum Gasteiger partial charge on any atom is -0.288 e. The molecule has 2 aromatic rings. The maximum absolute atomic E-state index is 12.7. The van der Waals surface area contributed by atoms with Crippen LogP contribution in [-0.2, 0) is 9.59 Å². The molecular formula is C12H8BrFN4O2. The summed E-state index contributed by atoms with van der Waals surface area (Å²) in [6.45, 7) is 0. The largest absolute Gasteiger partial charge is 0.288 e. The van der Waals surface area contributed by atoms with Crippen LogP contribution in [0.3, 0.4) is 0 Å². The van der Waals surface area contributed by atoms with Gasteiger partial charge < -0.3 is 0 Å². The summed E-state index contributed by atoms with van der Waals surface area (Å²) in [7, 11) is 0. The average molecular weight is 339 g/mol. The van der Waals surface area contributed by atoms with Gasteiger partial charge in [-0.3, -0.25) is 14.0 Å². The molecule has 0 unspecified atom stereocenters. The molecule has 3 rings (SSSR count). The molecule has 2 amide bonds. The molecule has 0 atom stereocenters. The number of nitrogens with zero attached hydrogens (tertiary/aromatic N) is 4. The molecule has 0 aromatic carbocycles. The zero-order valence-corrected chi connectivity index (χ0v) is 11.7. The van der Waals surface area contributed by atoms with E-state index < -0.39 is 0 Å². The Morgan fingerprint density at radius 1 is 1.30 bits per heavy atom. The van der Waals surface area contributed by atoms with Crippen molar-refractivity contribution in [3.63, 3.8) is 0 Å². The molecule has 0 spiro atoms. The smallest absolute Gasteiger partial charge is 0.239 e. The zero-order valence-electron chi connectivity index (χ0n) is 10.1. The first kappa shape index (κ1) is 14.1. The second kappa shape index (κ2) is 5.79. The maximum Gasteiger partial charge on any atom is 0.239 e. The van der Waals surface area contributed by atoms with Crippen LogP contribution < -0.4 is 0 Å². The van der Waals surface area contributed by atoms with Crippen molar-refractivity contribution in [3.05, 3.63) is 36.0 Å². The van der Waals surface area contributed by atoms with E-state index in [1.165, 1.54) is 28.9 Å². The van der Waals surface area contributed by atoms with E-state index in [4.69, 9.17) is 5.26 Å². The van der Waals surface area contributed by atoms with Crippen LogP contribution in [0.1, 0.15) is 18.5 Å². The topological polar surface area (TPSA) is 78.5 Å². The second-order valence-electron chi connectivity index (χ2n) is 3.90. The quantitative estimate of drug-likeness (QED) is 0.542. The summed E-state index contributed by atoms with van der Waals surface area (Å²) in [5, 5.41) is 8.58. The highest BCUT2D eigenvalue weighted by atomic mass is 79.9. The van der Waals surface area contributed by atoms with Crippen LogP contribution in [0.2, 0.25) is 0 Å². The molecule has 3 heterocycles. The number of halogens is 2. The van der Waals surface area contributed by atoms with E-state index in [2.05, 4.69) is 21.1 Å². The molecule has 0 bridgehead atoms. The fraction of sp³-hybridized carbons (Fsp3) is 0.167. The Labute approximate surface area is 121 Å². The fourth-order valence-corrected chi connectivity index (χ4v) is 1.94. The van der Waals surface area contributed by atoms with Crippen molar-refractivity contribution < 1.29 is 14.0 Å². The van der Waals surface area contributed by atoms with Crippen LogP contribution in [0.25, 0.3) is 5.65 Å². The fourth-order valence-electron chi connectivity index (χ4n) is 1.59. The predicted octanol–water partition coefficient (Wildman–Crippen LogP) is 1.79. The van der Waals surface area contributed by atoms with E-state index in [1.807, 2.05) is 6.07 Å². The Morgan fingerprint density at radius 3 is 2.45 bits per heavy atom. The average Bonchev–Trinajstić information content (AvgIpc) is 2.97. The Morgan fingerprint density at radius 2 is 1.95 bits per heavy atom. The van der Waals surface area contributed by atoms with Crippen molar-refractivity contribution in [2.75, 3.05) is 0 Å². The molecule has 0 N–H and O–H groups in total. The molecule has 0 saturated carbocycles. The minimum absolute atomic E-state index is 0.144. The van der Waals surface area contributed by atoms with E-state index in [0.717, 1.165) is 3.93 Å². The molecule has 20 heavy (non-hydrogen) atoms. The molecule has 1 aliphatic rings. The SMILES string of the molecule is N#Cc1cnc2ccc(F)cn12.O=C1CCC(=O)N1Br. The second-order valence-corrected chi connectivity index (χ2v) is 4.61. The molecule has 2 aromatic heterocycles. The van der Waals surface area contributed by atoms with Crippen molar-refractivity contribution in [2.45, 2.75) is 12.8 Å². The highest BCUT2D eigenvalue weighted by Crippen LogP contribution is 2.14. The van der Waals surface area contributed by atoms with Gasteiger partial charge in [0.25, 0.3) is 0 Å². The normalized spacial score (nSPS) is 14.2. The van der Waals surface area contributed by atoms with Crippen LogP contribution in [0, 0.1) is 17.1 Å². The molecule has 8 heteroatoms. The van der Waals surface area contributed by atoms with Gasteiger partial charge in [0, 0.05) is 19.0 Å². The third kappa shape index (κ3) is 2.83. The van der Waals surface area contributed by atoms with E-state index in [-0.39, 0.29) is 17.6 Å². The zero-order chi connectivity index (χ0) is 14.7. The molecule has 6 nitrogen and oxygen atoms in total. The van der Waals surface area contributed by atoms with Crippen molar-refractivity contribution in [1.82, 2.24) is 13.3 Å². The van der Waals surface area contributed by atoms with Crippen LogP contribution in [0.4, 0.5) is 4.39 Å². The van der Waals surface area contributed by atoms with E-state index >= 15 is 0 Å². The molecule has 1 fully saturated rings. The first-order valence-electron chi connectivity index (χ1n) is 5.57. The molecule has 0 aliphatic carbocycles. The third-order valence-electron chi connectivity index (χ3n) is 2.57. The van der Waals surface area contributed by atoms with Gasteiger partial charge in [-0.25, -0.2) is 13.3 Å². The number of aromatic nitrogens is 2. The Hall–Kier alpha value is -2.27. The van der Waals surface area contributed by atoms with Gasteiger partial charge in [-0.15, -0.1) is 0 Å². The number of pyridine rings is 1. The lowest BCUT2D eigenvalue weighted by molar-refractivity contribution is -0.131. The summed E-state index contributed by atoms with van der Waals surface area (Å²) in [6.07, 6.45) is 3.35.